The van der Waals surface area contributed by atoms with Gasteiger partial charge in [-0.3, -0.25) is 4.79 Å². The zero-order chi connectivity index (χ0) is 15.0. The number of hydrogen-bond donors (Lipinski definition) is 2. The Morgan fingerprint density at radius 3 is 2.50 bits per heavy atom. The predicted octanol–water partition coefficient (Wildman–Crippen LogP) is 0.504. The summed E-state index contributed by atoms with van der Waals surface area (Å²) in [6.45, 7) is 2.17. The summed E-state index contributed by atoms with van der Waals surface area (Å²) in [5, 5.41) is 11.2. The molecule has 0 heterocycles. The highest BCUT2D eigenvalue weighted by molar-refractivity contribution is 7.88. The van der Waals surface area contributed by atoms with Crippen molar-refractivity contribution in [3.8, 4) is 6.07 Å². The van der Waals surface area contributed by atoms with Gasteiger partial charge in [-0.15, -0.1) is 0 Å². The first-order chi connectivity index (χ1) is 9.46. The monoisotopic (exact) mass is 295 g/mol. The van der Waals surface area contributed by atoms with Crippen molar-refractivity contribution in [1.29, 1.82) is 5.26 Å². The summed E-state index contributed by atoms with van der Waals surface area (Å²) in [5.41, 5.74) is 1.03. The third kappa shape index (κ3) is 5.82. The topological polar surface area (TPSA) is 99.1 Å². The second-order valence-electron chi connectivity index (χ2n) is 4.24. The van der Waals surface area contributed by atoms with E-state index in [1.54, 1.807) is 24.3 Å². The third-order valence-electron chi connectivity index (χ3n) is 2.46. The molecule has 0 aliphatic carbocycles. The lowest BCUT2D eigenvalue weighted by Crippen LogP contribution is -2.37. The Bertz CT molecular complexity index is 588. The van der Waals surface area contributed by atoms with Crippen LogP contribution in [-0.4, -0.2) is 27.4 Å². The number of nitrogens with zero attached hydrogens (tertiary/aromatic N) is 1. The van der Waals surface area contributed by atoms with E-state index in [0.717, 1.165) is 6.42 Å². The Morgan fingerprint density at radius 1 is 1.30 bits per heavy atom. The van der Waals surface area contributed by atoms with Crippen molar-refractivity contribution in [1.82, 2.24) is 10.0 Å². The van der Waals surface area contributed by atoms with Crippen LogP contribution in [0, 0.1) is 11.3 Å². The van der Waals surface area contributed by atoms with Crippen molar-refractivity contribution in [2.24, 2.45) is 0 Å². The van der Waals surface area contributed by atoms with Crippen LogP contribution in [0.1, 0.15) is 24.5 Å². The van der Waals surface area contributed by atoms with Crippen molar-refractivity contribution in [3.63, 3.8) is 0 Å². The number of benzene rings is 1. The van der Waals surface area contributed by atoms with E-state index in [1.807, 2.05) is 13.0 Å². The fourth-order valence-corrected chi connectivity index (χ4v) is 2.53. The molecule has 7 heteroatoms. The van der Waals surface area contributed by atoms with Gasteiger partial charge in [0, 0.05) is 6.54 Å². The highest BCUT2D eigenvalue weighted by Gasteiger charge is 2.13. The van der Waals surface area contributed by atoms with Gasteiger partial charge in [0.25, 0.3) is 0 Å². The van der Waals surface area contributed by atoms with Gasteiger partial charge in [-0.05, 0) is 24.1 Å². The molecule has 0 fully saturated rings. The number of nitrogens with one attached hydrogen (secondary N) is 2. The molecule has 0 atom stereocenters. The molecular weight excluding hydrogens is 278 g/mol. The maximum atomic E-state index is 11.8. The quantitative estimate of drug-likeness (QED) is 0.765. The molecule has 0 aliphatic heterocycles. The average molecular weight is 295 g/mol. The third-order valence-corrected chi connectivity index (χ3v) is 3.76. The minimum atomic E-state index is -3.57. The SMILES string of the molecule is CCCNC(=O)CNS(=O)(=O)Cc1ccc(C#N)cc1. The van der Waals surface area contributed by atoms with Gasteiger partial charge in [-0.2, -0.15) is 5.26 Å². The van der Waals surface area contributed by atoms with E-state index in [9.17, 15) is 13.2 Å². The van der Waals surface area contributed by atoms with Crippen molar-refractivity contribution in [2.75, 3.05) is 13.1 Å². The van der Waals surface area contributed by atoms with Crippen LogP contribution in [0.25, 0.3) is 0 Å². The van der Waals surface area contributed by atoms with Gasteiger partial charge >= 0.3 is 0 Å². The predicted molar refractivity (Wildman–Crippen MR) is 75.1 cm³/mol. The largest absolute Gasteiger partial charge is 0.355 e. The van der Waals surface area contributed by atoms with E-state index in [-0.39, 0.29) is 18.2 Å². The van der Waals surface area contributed by atoms with Gasteiger partial charge in [0.2, 0.25) is 15.9 Å². The minimum Gasteiger partial charge on any atom is -0.355 e. The molecule has 0 bridgehead atoms. The summed E-state index contributed by atoms with van der Waals surface area (Å²) in [6.07, 6.45) is 0.795. The van der Waals surface area contributed by atoms with E-state index in [0.29, 0.717) is 17.7 Å². The first-order valence-electron chi connectivity index (χ1n) is 6.20. The molecule has 1 aromatic carbocycles. The lowest BCUT2D eigenvalue weighted by molar-refractivity contribution is -0.119. The molecule has 0 radical (unpaired) electrons. The number of rotatable bonds is 7. The van der Waals surface area contributed by atoms with E-state index >= 15 is 0 Å². The fourth-order valence-electron chi connectivity index (χ4n) is 1.45. The lowest BCUT2D eigenvalue weighted by Gasteiger charge is -2.07. The Balaban J connectivity index is 2.52. The van der Waals surface area contributed by atoms with Crippen LogP contribution < -0.4 is 10.0 Å². The first kappa shape index (κ1) is 16.1. The average Bonchev–Trinajstić information content (AvgIpc) is 2.43. The summed E-state index contributed by atoms with van der Waals surface area (Å²) in [4.78, 5) is 11.3. The van der Waals surface area contributed by atoms with E-state index in [1.165, 1.54) is 0 Å². The smallest absolute Gasteiger partial charge is 0.235 e. The van der Waals surface area contributed by atoms with Crippen LogP contribution in [0.3, 0.4) is 0 Å². The first-order valence-corrected chi connectivity index (χ1v) is 7.85. The van der Waals surface area contributed by atoms with Crippen LogP contribution in [0.15, 0.2) is 24.3 Å². The number of hydrogen-bond acceptors (Lipinski definition) is 4. The molecule has 2 N–H and O–H groups in total. The van der Waals surface area contributed by atoms with Crippen molar-refractivity contribution < 1.29 is 13.2 Å². The summed E-state index contributed by atoms with van der Waals surface area (Å²) in [6, 6.07) is 8.22. The van der Waals surface area contributed by atoms with E-state index < -0.39 is 10.0 Å². The van der Waals surface area contributed by atoms with Gasteiger partial charge in [0.05, 0.1) is 23.9 Å². The molecule has 0 saturated heterocycles. The second-order valence-corrected chi connectivity index (χ2v) is 6.05. The molecule has 0 aromatic heterocycles. The number of carbonyl (C=O) groups is 1. The molecular formula is C13H17N3O3S. The Morgan fingerprint density at radius 2 is 1.95 bits per heavy atom. The zero-order valence-electron chi connectivity index (χ0n) is 11.2. The van der Waals surface area contributed by atoms with Crippen LogP contribution in [-0.2, 0) is 20.6 Å². The molecule has 1 aromatic rings. The van der Waals surface area contributed by atoms with Gasteiger partial charge < -0.3 is 5.32 Å². The summed E-state index contributed by atoms with van der Waals surface area (Å²) in [5.74, 6) is -0.574. The standard InChI is InChI=1S/C13H17N3O3S/c1-2-7-15-13(17)9-16-20(18,19)10-12-5-3-11(8-14)4-6-12/h3-6,16H,2,7,9-10H2,1H3,(H,15,17). The number of sulfonamides is 1. The Labute approximate surface area is 118 Å². The normalized spacial score (nSPS) is 10.8. The van der Waals surface area contributed by atoms with Crippen molar-refractivity contribution >= 4 is 15.9 Å². The highest BCUT2D eigenvalue weighted by Crippen LogP contribution is 2.06. The highest BCUT2D eigenvalue weighted by atomic mass is 32.2. The molecule has 0 aliphatic rings. The van der Waals surface area contributed by atoms with Crippen LogP contribution in [0.4, 0.5) is 0 Å². The van der Waals surface area contributed by atoms with Gasteiger partial charge in [0.15, 0.2) is 0 Å². The number of amides is 1. The van der Waals surface area contributed by atoms with E-state index in [2.05, 4.69) is 10.0 Å². The molecule has 1 rings (SSSR count). The van der Waals surface area contributed by atoms with Crippen LogP contribution >= 0.6 is 0 Å². The molecule has 0 unspecified atom stereocenters. The zero-order valence-corrected chi connectivity index (χ0v) is 12.0. The number of carbonyl (C=O) groups excluding carboxylic acids is 1. The molecule has 0 spiro atoms. The summed E-state index contributed by atoms with van der Waals surface area (Å²) >= 11 is 0. The minimum absolute atomic E-state index is 0.222. The van der Waals surface area contributed by atoms with Gasteiger partial charge in [-0.1, -0.05) is 19.1 Å². The molecule has 108 valence electrons. The lowest BCUT2D eigenvalue weighted by atomic mass is 10.2. The molecule has 20 heavy (non-hydrogen) atoms. The Kier molecular flexibility index (Phi) is 6.15. The molecule has 0 saturated carbocycles. The van der Waals surface area contributed by atoms with Crippen LogP contribution in [0.5, 0.6) is 0 Å². The second kappa shape index (κ2) is 7.62. The number of nitriles is 1. The van der Waals surface area contributed by atoms with Gasteiger partial charge in [0.1, 0.15) is 0 Å². The van der Waals surface area contributed by atoms with Crippen molar-refractivity contribution in [3.05, 3.63) is 35.4 Å². The Hall–Kier alpha value is -1.91. The molecule has 1 amide bonds. The molecule has 6 nitrogen and oxygen atoms in total. The maximum absolute atomic E-state index is 11.8. The van der Waals surface area contributed by atoms with Gasteiger partial charge in [-0.25, -0.2) is 13.1 Å². The fraction of sp³-hybridized carbons (Fsp3) is 0.385. The van der Waals surface area contributed by atoms with Crippen LogP contribution in [0.2, 0.25) is 0 Å². The van der Waals surface area contributed by atoms with Crippen molar-refractivity contribution in [2.45, 2.75) is 19.1 Å². The summed E-state index contributed by atoms with van der Waals surface area (Å²) < 4.78 is 25.8. The summed E-state index contributed by atoms with van der Waals surface area (Å²) in [7, 11) is -3.57. The maximum Gasteiger partial charge on any atom is 0.235 e. The van der Waals surface area contributed by atoms with E-state index in [4.69, 9.17) is 5.26 Å².